The second kappa shape index (κ2) is 9.30. The molecule has 0 saturated heterocycles. The van der Waals surface area contributed by atoms with Crippen LogP contribution in [0, 0.1) is 6.92 Å². The van der Waals surface area contributed by atoms with Gasteiger partial charge in [-0.1, -0.05) is 29.8 Å². The minimum atomic E-state index is -0.227. The summed E-state index contributed by atoms with van der Waals surface area (Å²) < 4.78 is 5.29. The molecular weight excluding hydrogens is 340 g/mol. The van der Waals surface area contributed by atoms with Gasteiger partial charge in [0.25, 0.3) is 0 Å². The van der Waals surface area contributed by atoms with Crippen LogP contribution in [0.1, 0.15) is 17.5 Å². The van der Waals surface area contributed by atoms with Gasteiger partial charge in [0, 0.05) is 36.5 Å². The number of hydrogen-bond donors (Lipinski definition) is 2. The SMILES string of the molecule is COc1cc(NC(=O)N(CCCO)Cc2ccc(Cl)cc2)ccc1C. The molecule has 2 rings (SSSR count). The van der Waals surface area contributed by atoms with Crippen molar-refractivity contribution >= 4 is 23.3 Å². The van der Waals surface area contributed by atoms with E-state index in [1.165, 1.54) is 0 Å². The van der Waals surface area contributed by atoms with Crippen LogP contribution < -0.4 is 10.1 Å². The monoisotopic (exact) mass is 362 g/mol. The molecule has 0 spiro atoms. The Hall–Kier alpha value is -2.24. The molecule has 0 saturated carbocycles. The van der Waals surface area contributed by atoms with Gasteiger partial charge in [0.15, 0.2) is 0 Å². The Morgan fingerprint density at radius 3 is 2.60 bits per heavy atom. The second-order valence-corrected chi connectivity index (χ2v) is 6.18. The van der Waals surface area contributed by atoms with Gasteiger partial charge in [-0.05, 0) is 42.7 Å². The van der Waals surface area contributed by atoms with E-state index in [0.717, 1.165) is 16.9 Å². The maximum atomic E-state index is 12.6. The number of nitrogens with zero attached hydrogens (tertiary/aromatic N) is 1. The number of anilines is 1. The van der Waals surface area contributed by atoms with Crippen LogP contribution in [0.25, 0.3) is 0 Å². The Morgan fingerprint density at radius 2 is 1.96 bits per heavy atom. The van der Waals surface area contributed by atoms with Crippen molar-refractivity contribution in [2.45, 2.75) is 19.9 Å². The first-order chi connectivity index (χ1) is 12.0. The number of ether oxygens (including phenoxy) is 1. The molecule has 6 heteroatoms. The molecule has 0 fully saturated rings. The average Bonchev–Trinajstić information content (AvgIpc) is 2.61. The van der Waals surface area contributed by atoms with Gasteiger partial charge in [-0.15, -0.1) is 0 Å². The average molecular weight is 363 g/mol. The van der Waals surface area contributed by atoms with Crippen LogP contribution in [0.3, 0.4) is 0 Å². The topological polar surface area (TPSA) is 61.8 Å². The van der Waals surface area contributed by atoms with E-state index < -0.39 is 0 Å². The number of carbonyl (C=O) groups excluding carboxylic acids is 1. The summed E-state index contributed by atoms with van der Waals surface area (Å²) in [5.41, 5.74) is 2.63. The van der Waals surface area contributed by atoms with Gasteiger partial charge in [-0.2, -0.15) is 0 Å². The standard InChI is InChI=1S/C19H23ClN2O3/c1-14-4-9-17(12-18(14)25-2)21-19(24)22(10-3-11-23)13-15-5-7-16(20)8-6-15/h4-9,12,23H,3,10-11,13H2,1-2H3,(H,21,24). The molecule has 0 bridgehead atoms. The largest absolute Gasteiger partial charge is 0.496 e. The highest BCUT2D eigenvalue weighted by molar-refractivity contribution is 6.30. The number of carbonyl (C=O) groups is 1. The first kappa shape index (κ1) is 19.1. The van der Waals surface area contributed by atoms with Crippen LogP contribution >= 0.6 is 11.6 Å². The van der Waals surface area contributed by atoms with Gasteiger partial charge in [-0.3, -0.25) is 0 Å². The molecule has 0 unspecified atom stereocenters. The molecule has 2 aromatic carbocycles. The molecule has 2 amide bonds. The van der Waals surface area contributed by atoms with E-state index in [1.54, 1.807) is 30.2 Å². The number of aliphatic hydroxyl groups is 1. The van der Waals surface area contributed by atoms with E-state index in [1.807, 2.05) is 31.2 Å². The summed E-state index contributed by atoms with van der Waals surface area (Å²) in [6.45, 7) is 2.86. The van der Waals surface area contributed by atoms with Crippen molar-refractivity contribution in [1.82, 2.24) is 4.90 Å². The smallest absolute Gasteiger partial charge is 0.322 e. The summed E-state index contributed by atoms with van der Waals surface area (Å²) in [5, 5.41) is 12.6. The van der Waals surface area contributed by atoms with Crippen molar-refractivity contribution in [3.63, 3.8) is 0 Å². The number of halogens is 1. The zero-order valence-electron chi connectivity index (χ0n) is 14.5. The highest BCUT2D eigenvalue weighted by Gasteiger charge is 2.14. The van der Waals surface area contributed by atoms with Crippen molar-refractivity contribution < 1.29 is 14.6 Å². The minimum Gasteiger partial charge on any atom is -0.496 e. The lowest BCUT2D eigenvalue weighted by atomic mass is 10.2. The van der Waals surface area contributed by atoms with Crippen LogP contribution in [0.2, 0.25) is 5.02 Å². The Balaban J connectivity index is 2.10. The molecule has 25 heavy (non-hydrogen) atoms. The van der Waals surface area contributed by atoms with Gasteiger partial charge < -0.3 is 20.1 Å². The number of methoxy groups -OCH3 is 1. The van der Waals surface area contributed by atoms with Crippen LogP contribution in [-0.2, 0) is 6.54 Å². The van der Waals surface area contributed by atoms with E-state index in [-0.39, 0.29) is 12.6 Å². The Morgan fingerprint density at radius 1 is 1.24 bits per heavy atom. The number of rotatable bonds is 7. The lowest BCUT2D eigenvalue weighted by Crippen LogP contribution is -2.35. The lowest BCUT2D eigenvalue weighted by molar-refractivity contribution is 0.199. The molecule has 2 N–H and O–H groups in total. The third kappa shape index (κ3) is 5.66. The van der Waals surface area contributed by atoms with E-state index >= 15 is 0 Å². The van der Waals surface area contributed by atoms with Crippen LogP contribution in [-0.4, -0.2) is 36.3 Å². The van der Waals surface area contributed by atoms with E-state index in [4.69, 9.17) is 21.4 Å². The maximum absolute atomic E-state index is 12.6. The number of amides is 2. The highest BCUT2D eigenvalue weighted by Crippen LogP contribution is 2.22. The summed E-state index contributed by atoms with van der Waals surface area (Å²) in [5.74, 6) is 0.720. The van der Waals surface area contributed by atoms with Gasteiger partial charge >= 0.3 is 6.03 Å². The first-order valence-corrected chi connectivity index (χ1v) is 8.47. The van der Waals surface area contributed by atoms with Crippen LogP contribution in [0.4, 0.5) is 10.5 Å². The minimum absolute atomic E-state index is 0.0305. The lowest BCUT2D eigenvalue weighted by Gasteiger charge is -2.23. The normalized spacial score (nSPS) is 10.4. The Labute approximate surface area is 153 Å². The van der Waals surface area contributed by atoms with Crippen molar-refractivity contribution in [2.75, 3.05) is 25.6 Å². The molecule has 0 aliphatic heterocycles. The van der Waals surface area contributed by atoms with Crippen LogP contribution in [0.5, 0.6) is 5.75 Å². The predicted octanol–water partition coefficient (Wildman–Crippen LogP) is 4.07. The third-order valence-corrected chi connectivity index (χ3v) is 4.07. The first-order valence-electron chi connectivity index (χ1n) is 8.09. The number of aryl methyl sites for hydroxylation is 1. The summed E-state index contributed by atoms with van der Waals surface area (Å²) in [6, 6.07) is 12.7. The van der Waals surface area contributed by atoms with Gasteiger partial charge in [-0.25, -0.2) is 4.79 Å². The quantitative estimate of drug-likeness (QED) is 0.780. The van der Waals surface area contributed by atoms with Crippen LogP contribution in [0.15, 0.2) is 42.5 Å². The second-order valence-electron chi connectivity index (χ2n) is 5.74. The number of benzene rings is 2. The van der Waals surface area contributed by atoms with E-state index in [9.17, 15) is 4.79 Å². The summed E-state index contributed by atoms with van der Waals surface area (Å²) in [7, 11) is 1.60. The molecule has 0 heterocycles. The fourth-order valence-electron chi connectivity index (χ4n) is 2.42. The molecular formula is C19H23ClN2O3. The number of urea groups is 1. The Kier molecular flexibility index (Phi) is 7.10. The van der Waals surface area contributed by atoms with Crippen molar-refractivity contribution in [2.24, 2.45) is 0 Å². The molecule has 0 atom stereocenters. The zero-order chi connectivity index (χ0) is 18.2. The van der Waals surface area contributed by atoms with Gasteiger partial charge in [0.1, 0.15) is 5.75 Å². The fourth-order valence-corrected chi connectivity index (χ4v) is 2.55. The van der Waals surface area contributed by atoms with E-state index in [0.29, 0.717) is 30.2 Å². The van der Waals surface area contributed by atoms with Crippen molar-refractivity contribution in [3.8, 4) is 5.75 Å². The summed E-state index contributed by atoms with van der Waals surface area (Å²) in [6.07, 6.45) is 0.512. The molecule has 2 aromatic rings. The van der Waals surface area contributed by atoms with Gasteiger partial charge in [0.05, 0.1) is 7.11 Å². The zero-order valence-corrected chi connectivity index (χ0v) is 15.2. The molecule has 134 valence electrons. The molecule has 0 radical (unpaired) electrons. The summed E-state index contributed by atoms with van der Waals surface area (Å²) >= 11 is 5.91. The molecule has 0 aliphatic carbocycles. The molecule has 5 nitrogen and oxygen atoms in total. The molecule has 0 aliphatic rings. The van der Waals surface area contributed by atoms with Crippen molar-refractivity contribution in [3.05, 3.63) is 58.6 Å². The maximum Gasteiger partial charge on any atom is 0.322 e. The fraction of sp³-hybridized carbons (Fsp3) is 0.316. The van der Waals surface area contributed by atoms with Crippen molar-refractivity contribution in [1.29, 1.82) is 0 Å². The number of hydrogen-bond acceptors (Lipinski definition) is 3. The predicted molar refractivity (Wildman–Crippen MR) is 100 cm³/mol. The van der Waals surface area contributed by atoms with Gasteiger partial charge in [0.2, 0.25) is 0 Å². The molecule has 0 aromatic heterocycles. The summed E-state index contributed by atoms with van der Waals surface area (Å²) in [4.78, 5) is 14.3. The van der Waals surface area contributed by atoms with E-state index in [2.05, 4.69) is 5.32 Å². The number of nitrogens with one attached hydrogen (secondary N) is 1. The number of aliphatic hydroxyl groups excluding tert-OH is 1. The third-order valence-electron chi connectivity index (χ3n) is 3.82. The highest BCUT2D eigenvalue weighted by atomic mass is 35.5. The Bertz CT molecular complexity index is 704.